The van der Waals surface area contributed by atoms with E-state index in [0.29, 0.717) is 19.4 Å². The quantitative estimate of drug-likeness (QED) is 0.848. The molecule has 130 valence electrons. The first-order chi connectivity index (χ1) is 12.1. The number of nitrogens with one attached hydrogen (secondary N) is 1. The molecule has 0 aliphatic heterocycles. The summed E-state index contributed by atoms with van der Waals surface area (Å²) in [6, 6.07) is 15.8. The van der Waals surface area contributed by atoms with E-state index in [1.165, 1.54) is 0 Å². The average Bonchev–Trinajstić information content (AvgIpc) is 2.59. The lowest BCUT2D eigenvalue weighted by molar-refractivity contribution is -0.152. The molecule has 1 saturated carbocycles. The number of methoxy groups -OCH3 is 1. The number of carbonyl (C=O) groups excluding carboxylic acids is 1. The number of carbonyl (C=O) groups is 2. The van der Waals surface area contributed by atoms with Gasteiger partial charge in [0.25, 0.3) is 0 Å². The Balaban J connectivity index is 1.59. The van der Waals surface area contributed by atoms with Crippen molar-refractivity contribution in [1.82, 2.24) is 5.32 Å². The van der Waals surface area contributed by atoms with E-state index >= 15 is 0 Å². The highest BCUT2D eigenvalue weighted by Crippen LogP contribution is 2.34. The highest BCUT2D eigenvalue weighted by molar-refractivity contribution is 5.86. The molecule has 2 N–H and O–H groups in total. The summed E-state index contributed by atoms with van der Waals surface area (Å²) in [5, 5.41) is 11.9. The topological polar surface area (TPSA) is 75.6 Å². The van der Waals surface area contributed by atoms with Crippen LogP contribution < -0.4 is 10.1 Å². The number of aliphatic carboxylic acids is 1. The number of carboxylic acid groups (broad SMARTS) is 1. The van der Waals surface area contributed by atoms with Gasteiger partial charge in [0.15, 0.2) is 0 Å². The number of benzene rings is 2. The number of amides is 1. The van der Waals surface area contributed by atoms with Gasteiger partial charge in [-0.1, -0.05) is 36.4 Å². The van der Waals surface area contributed by atoms with Gasteiger partial charge < -0.3 is 15.2 Å². The third-order valence-corrected chi connectivity index (χ3v) is 4.75. The van der Waals surface area contributed by atoms with Crippen LogP contribution in [0.15, 0.2) is 48.5 Å². The first kappa shape index (κ1) is 17.0. The second-order valence-corrected chi connectivity index (χ2v) is 6.28. The monoisotopic (exact) mass is 339 g/mol. The summed E-state index contributed by atoms with van der Waals surface area (Å²) in [4.78, 5) is 23.1. The number of hydrogen-bond donors (Lipinski definition) is 2. The molecule has 1 aliphatic rings. The molecule has 2 atom stereocenters. The summed E-state index contributed by atoms with van der Waals surface area (Å²) in [5.74, 6) is -1.17. The second-order valence-electron chi connectivity index (χ2n) is 6.28. The van der Waals surface area contributed by atoms with Crippen molar-refractivity contribution in [3.63, 3.8) is 0 Å². The van der Waals surface area contributed by atoms with Gasteiger partial charge in [-0.15, -0.1) is 0 Å². The number of ether oxygens (including phenoxy) is 1. The van der Waals surface area contributed by atoms with Crippen LogP contribution in [0.3, 0.4) is 0 Å². The lowest BCUT2D eigenvalue weighted by atomic mass is 9.73. The molecule has 3 rings (SSSR count). The fourth-order valence-electron chi connectivity index (χ4n) is 3.05. The van der Waals surface area contributed by atoms with Gasteiger partial charge in [0.1, 0.15) is 5.75 Å². The van der Waals surface area contributed by atoms with Gasteiger partial charge in [0.2, 0.25) is 5.91 Å². The molecule has 0 spiro atoms. The third kappa shape index (κ3) is 3.82. The molecule has 5 heteroatoms. The Labute approximate surface area is 146 Å². The fourth-order valence-corrected chi connectivity index (χ4v) is 3.05. The summed E-state index contributed by atoms with van der Waals surface area (Å²) >= 11 is 0. The Hall–Kier alpha value is -2.82. The predicted octanol–water partition coefficient (Wildman–Crippen LogP) is 3.09. The first-order valence-electron chi connectivity index (χ1n) is 8.32. The van der Waals surface area contributed by atoms with Gasteiger partial charge in [-0.25, -0.2) is 0 Å². The van der Waals surface area contributed by atoms with Gasteiger partial charge in [-0.2, -0.15) is 0 Å². The average molecular weight is 339 g/mol. The zero-order chi connectivity index (χ0) is 17.8. The smallest absolute Gasteiger partial charge is 0.307 e. The van der Waals surface area contributed by atoms with Gasteiger partial charge in [0.05, 0.1) is 18.9 Å². The van der Waals surface area contributed by atoms with Gasteiger partial charge in [-0.3, -0.25) is 9.59 Å². The Morgan fingerprint density at radius 3 is 2.40 bits per heavy atom. The summed E-state index contributed by atoms with van der Waals surface area (Å²) in [6.45, 7) is 0.403. The molecule has 1 amide bonds. The second kappa shape index (κ2) is 7.38. The van der Waals surface area contributed by atoms with Crippen molar-refractivity contribution in [2.75, 3.05) is 7.11 Å². The van der Waals surface area contributed by atoms with Gasteiger partial charge in [0, 0.05) is 6.54 Å². The maximum absolute atomic E-state index is 12.1. The Morgan fingerprint density at radius 2 is 1.80 bits per heavy atom. The van der Waals surface area contributed by atoms with E-state index < -0.39 is 17.8 Å². The zero-order valence-electron chi connectivity index (χ0n) is 14.1. The highest BCUT2D eigenvalue weighted by atomic mass is 16.5. The molecule has 0 aromatic heterocycles. The molecule has 2 aromatic rings. The van der Waals surface area contributed by atoms with Crippen LogP contribution in [0.4, 0.5) is 0 Å². The normalized spacial score (nSPS) is 18.9. The van der Waals surface area contributed by atoms with E-state index in [4.69, 9.17) is 9.84 Å². The lowest BCUT2D eigenvalue weighted by Gasteiger charge is -2.31. The molecule has 0 unspecified atom stereocenters. The molecular weight excluding hydrogens is 318 g/mol. The van der Waals surface area contributed by atoms with Crippen LogP contribution in [0.2, 0.25) is 0 Å². The minimum atomic E-state index is -0.881. The van der Waals surface area contributed by atoms with Crippen LogP contribution in [-0.4, -0.2) is 24.1 Å². The molecule has 1 aliphatic carbocycles. The molecule has 0 radical (unpaired) electrons. The largest absolute Gasteiger partial charge is 0.497 e. The van der Waals surface area contributed by atoms with Crippen molar-refractivity contribution in [2.45, 2.75) is 19.4 Å². The van der Waals surface area contributed by atoms with E-state index in [1.54, 1.807) is 7.11 Å². The van der Waals surface area contributed by atoms with Gasteiger partial charge >= 0.3 is 5.97 Å². The SMILES string of the molecule is COc1cccc(-c2ccc(CNC(=O)[C@@H]3CC[C@@H]3C(=O)O)cc2)c1. The summed E-state index contributed by atoms with van der Waals surface area (Å²) < 4.78 is 5.24. The zero-order valence-corrected chi connectivity index (χ0v) is 14.1. The third-order valence-electron chi connectivity index (χ3n) is 4.75. The van der Waals surface area contributed by atoms with Crippen LogP contribution >= 0.6 is 0 Å². The van der Waals surface area contributed by atoms with Crippen molar-refractivity contribution in [3.8, 4) is 16.9 Å². The Morgan fingerprint density at radius 1 is 1.08 bits per heavy atom. The molecular formula is C20H21NO4. The van der Waals surface area contributed by atoms with Crippen molar-refractivity contribution >= 4 is 11.9 Å². The van der Waals surface area contributed by atoms with Crippen molar-refractivity contribution in [2.24, 2.45) is 11.8 Å². The van der Waals surface area contributed by atoms with E-state index in [9.17, 15) is 9.59 Å². The molecule has 0 saturated heterocycles. The van der Waals surface area contributed by atoms with Gasteiger partial charge in [-0.05, 0) is 41.7 Å². The van der Waals surface area contributed by atoms with E-state index in [-0.39, 0.29) is 5.91 Å². The standard InChI is InChI=1S/C20H21NO4/c1-25-16-4-2-3-15(11-16)14-7-5-13(6-8-14)12-21-19(22)17-9-10-18(17)20(23)24/h2-8,11,17-18H,9-10,12H2,1H3,(H,21,22)(H,23,24)/t17-,18+/m1/s1. The summed E-state index contributed by atoms with van der Waals surface area (Å²) in [5.41, 5.74) is 3.11. The van der Waals surface area contributed by atoms with Crippen LogP contribution in [0.25, 0.3) is 11.1 Å². The predicted molar refractivity (Wildman–Crippen MR) is 94.1 cm³/mol. The molecule has 1 fully saturated rings. The van der Waals surface area contributed by atoms with Crippen LogP contribution in [0.1, 0.15) is 18.4 Å². The van der Waals surface area contributed by atoms with Crippen LogP contribution in [0.5, 0.6) is 5.75 Å². The molecule has 0 bridgehead atoms. The van der Waals surface area contributed by atoms with Crippen molar-refractivity contribution < 1.29 is 19.4 Å². The van der Waals surface area contributed by atoms with E-state index in [1.807, 2.05) is 48.5 Å². The number of carboxylic acids is 1. The summed E-state index contributed by atoms with van der Waals surface area (Å²) in [6.07, 6.45) is 1.24. The maximum atomic E-state index is 12.1. The fraction of sp³-hybridized carbons (Fsp3) is 0.300. The van der Waals surface area contributed by atoms with E-state index in [0.717, 1.165) is 22.4 Å². The number of hydrogen-bond acceptors (Lipinski definition) is 3. The Kier molecular flexibility index (Phi) is 5.03. The molecule has 0 heterocycles. The molecule has 5 nitrogen and oxygen atoms in total. The minimum Gasteiger partial charge on any atom is -0.497 e. The lowest BCUT2D eigenvalue weighted by Crippen LogP contribution is -2.43. The first-order valence-corrected chi connectivity index (χ1v) is 8.32. The van der Waals surface area contributed by atoms with Crippen LogP contribution in [0, 0.1) is 11.8 Å². The molecule has 2 aromatic carbocycles. The maximum Gasteiger partial charge on any atom is 0.307 e. The summed E-state index contributed by atoms with van der Waals surface area (Å²) in [7, 11) is 1.64. The molecule has 25 heavy (non-hydrogen) atoms. The van der Waals surface area contributed by atoms with E-state index in [2.05, 4.69) is 5.32 Å². The minimum absolute atomic E-state index is 0.171. The van der Waals surface area contributed by atoms with Crippen molar-refractivity contribution in [1.29, 1.82) is 0 Å². The van der Waals surface area contributed by atoms with Crippen molar-refractivity contribution in [3.05, 3.63) is 54.1 Å². The highest BCUT2D eigenvalue weighted by Gasteiger charge is 2.41. The Bertz CT molecular complexity index is 770. The number of rotatable bonds is 6. The van der Waals surface area contributed by atoms with Crippen LogP contribution in [-0.2, 0) is 16.1 Å².